The fourth-order valence-electron chi connectivity index (χ4n) is 1.88. The van der Waals surface area contributed by atoms with Gasteiger partial charge in [-0.2, -0.15) is 0 Å². The third-order valence-corrected chi connectivity index (χ3v) is 3.31. The Bertz CT molecular complexity index is 520. The molecule has 0 radical (unpaired) electrons. The average molecular weight is 280 g/mol. The molecule has 1 atom stereocenters. The van der Waals surface area contributed by atoms with Gasteiger partial charge in [-0.1, -0.05) is 11.8 Å². The Morgan fingerprint density at radius 1 is 1.63 bits per heavy atom. The second-order valence-electron chi connectivity index (χ2n) is 3.94. The quantitative estimate of drug-likeness (QED) is 0.862. The van der Waals surface area contributed by atoms with Crippen LogP contribution in [0.4, 0.5) is 0 Å². The summed E-state index contributed by atoms with van der Waals surface area (Å²) in [6.07, 6.45) is 3.50. The van der Waals surface area contributed by atoms with Crippen molar-refractivity contribution in [1.82, 2.24) is 5.32 Å². The molecule has 1 aliphatic heterocycles. The highest BCUT2D eigenvalue weighted by atomic mass is 32.2. The van der Waals surface area contributed by atoms with Crippen molar-refractivity contribution in [1.29, 1.82) is 0 Å². The predicted octanol–water partition coefficient (Wildman–Crippen LogP) is 2.48. The lowest BCUT2D eigenvalue weighted by atomic mass is 10.0. The van der Waals surface area contributed by atoms with Gasteiger partial charge in [0.15, 0.2) is 5.17 Å². The van der Waals surface area contributed by atoms with E-state index in [2.05, 4.69) is 10.3 Å². The first kappa shape index (κ1) is 13.7. The first-order valence-corrected chi connectivity index (χ1v) is 7.20. The van der Waals surface area contributed by atoms with Crippen molar-refractivity contribution in [3.63, 3.8) is 0 Å². The minimum absolute atomic E-state index is 0.333. The third-order valence-electron chi connectivity index (χ3n) is 2.72. The van der Waals surface area contributed by atoms with E-state index in [4.69, 9.17) is 9.15 Å². The van der Waals surface area contributed by atoms with Crippen molar-refractivity contribution < 1.29 is 13.9 Å². The number of nitrogens with one attached hydrogen (secondary N) is 1. The highest BCUT2D eigenvalue weighted by Gasteiger charge is 2.31. The van der Waals surface area contributed by atoms with Gasteiger partial charge in [0, 0.05) is 5.70 Å². The van der Waals surface area contributed by atoms with Crippen LogP contribution in [0.3, 0.4) is 0 Å². The maximum absolute atomic E-state index is 12.1. The van der Waals surface area contributed by atoms with Crippen molar-refractivity contribution in [3.05, 3.63) is 35.4 Å². The Balaban J connectivity index is 2.40. The van der Waals surface area contributed by atoms with Gasteiger partial charge in [-0.25, -0.2) is 9.79 Å². The van der Waals surface area contributed by atoms with E-state index in [1.165, 1.54) is 11.8 Å². The summed E-state index contributed by atoms with van der Waals surface area (Å²) in [5, 5.41) is 3.85. The number of thioether (sulfide) groups is 1. The number of furan rings is 1. The van der Waals surface area contributed by atoms with Crippen LogP contribution < -0.4 is 5.32 Å². The first-order valence-electron chi connectivity index (χ1n) is 5.97. The maximum atomic E-state index is 12.1. The van der Waals surface area contributed by atoms with Crippen LogP contribution in [0.15, 0.2) is 39.1 Å². The molecule has 1 aromatic heterocycles. The van der Waals surface area contributed by atoms with Crippen LogP contribution in [-0.2, 0) is 9.53 Å². The van der Waals surface area contributed by atoms with Crippen molar-refractivity contribution in [2.45, 2.75) is 19.9 Å². The van der Waals surface area contributed by atoms with E-state index in [1.807, 2.05) is 19.2 Å². The normalized spacial score (nSPS) is 18.9. The van der Waals surface area contributed by atoms with E-state index < -0.39 is 6.04 Å². The summed E-state index contributed by atoms with van der Waals surface area (Å²) in [5.41, 5.74) is 1.24. The monoisotopic (exact) mass is 280 g/mol. The van der Waals surface area contributed by atoms with E-state index in [9.17, 15) is 4.79 Å². The van der Waals surface area contributed by atoms with Crippen molar-refractivity contribution in [3.8, 4) is 0 Å². The third kappa shape index (κ3) is 2.84. The fourth-order valence-corrected chi connectivity index (χ4v) is 2.34. The second kappa shape index (κ2) is 5.97. The number of carbonyl (C=O) groups excluding carboxylic acids is 1. The van der Waals surface area contributed by atoms with Crippen LogP contribution in [-0.4, -0.2) is 24.0 Å². The molecule has 0 spiro atoms. The molecule has 5 nitrogen and oxygen atoms in total. The van der Waals surface area contributed by atoms with Crippen LogP contribution in [0.5, 0.6) is 0 Å². The molecular weight excluding hydrogens is 264 g/mol. The Labute approximate surface area is 116 Å². The number of hydrogen-bond donors (Lipinski definition) is 1. The highest BCUT2D eigenvalue weighted by Crippen LogP contribution is 2.32. The largest absolute Gasteiger partial charge is 0.467 e. The smallest absolute Gasteiger partial charge is 0.338 e. The average Bonchev–Trinajstić information content (AvgIpc) is 2.91. The lowest BCUT2D eigenvalue weighted by Crippen LogP contribution is -2.30. The molecule has 0 fully saturated rings. The van der Waals surface area contributed by atoms with Crippen LogP contribution in [0.25, 0.3) is 0 Å². The standard InChI is InChI=1S/C13H16N2O3S/c1-4-17-12(16)10-8(2)14-13(19-3)15-11(10)9-6-5-7-18-9/h5-7,11H,4H2,1-3H3,(H,14,15)/t11-/m1/s1. The molecule has 19 heavy (non-hydrogen) atoms. The number of amidine groups is 1. The summed E-state index contributed by atoms with van der Waals surface area (Å²) in [5.74, 6) is 0.272. The number of aliphatic imine (C=N–C) groups is 1. The molecule has 0 aliphatic carbocycles. The van der Waals surface area contributed by atoms with Crippen molar-refractivity contribution in [2.75, 3.05) is 12.9 Å². The molecule has 0 saturated heterocycles. The lowest BCUT2D eigenvalue weighted by molar-refractivity contribution is -0.139. The summed E-state index contributed by atoms with van der Waals surface area (Å²) in [7, 11) is 0. The molecule has 0 bridgehead atoms. The molecule has 2 rings (SSSR count). The number of rotatable bonds is 3. The van der Waals surface area contributed by atoms with Gasteiger partial charge >= 0.3 is 5.97 Å². The summed E-state index contributed by atoms with van der Waals surface area (Å²) < 4.78 is 10.5. The van der Waals surface area contributed by atoms with Gasteiger partial charge in [-0.3, -0.25) is 0 Å². The number of ether oxygens (including phenoxy) is 1. The summed E-state index contributed by atoms with van der Waals surface area (Å²) in [4.78, 5) is 16.6. The van der Waals surface area contributed by atoms with Gasteiger partial charge in [0.2, 0.25) is 0 Å². The molecule has 2 heterocycles. The molecule has 0 unspecified atom stereocenters. The molecule has 6 heteroatoms. The Morgan fingerprint density at radius 2 is 2.42 bits per heavy atom. The second-order valence-corrected chi connectivity index (χ2v) is 4.74. The first-order chi connectivity index (χ1) is 9.17. The van der Waals surface area contributed by atoms with E-state index in [-0.39, 0.29) is 5.97 Å². The number of hydrogen-bond acceptors (Lipinski definition) is 6. The Hall–Kier alpha value is -1.69. The number of allylic oxidation sites excluding steroid dienone is 1. The zero-order valence-electron chi connectivity index (χ0n) is 11.1. The SMILES string of the molecule is CCOC(=O)C1=C(C)NC(SC)=N[C@@H]1c1ccco1. The van der Waals surface area contributed by atoms with Gasteiger partial charge in [-0.05, 0) is 32.2 Å². The summed E-state index contributed by atoms with van der Waals surface area (Å²) >= 11 is 1.49. The molecule has 1 aliphatic rings. The Morgan fingerprint density at radius 3 is 3.00 bits per heavy atom. The molecular formula is C13H16N2O3S. The van der Waals surface area contributed by atoms with Gasteiger partial charge < -0.3 is 14.5 Å². The molecule has 0 amide bonds. The van der Waals surface area contributed by atoms with E-state index in [0.29, 0.717) is 17.9 Å². The molecule has 0 saturated carbocycles. The van der Waals surface area contributed by atoms with E-state index in [1.54, 1.807) is 19.3 Å². The summed E-state index contributed by atoms with van der Waals surface area (Å²) in [6, 6.07) is 3.14. The van der Waals surface area contributed by atoms with Crippen LogP contribution in [0.2, 0.25) is 0 Å². The number of nitrogens with zero attached hydrogens (tertiary/aromatic N) is 1. The predicted molar refractivity (Wildman–Crippen MR) is 74.9 cm³/mol. The van der Waals surface area contributed by atoms with Gasteiger partial charge in [0.05, 0.1) is 18.4 Å². The molecule has 1 N–H and O–H groups in total. The van der Waals surface area contributed by atoms with Crippen LogP contribution >= 0.6 is 11.8 Å². The topological polar surface area (TPSA) is 63.8 Å². The number of esters is 1. The lowest BCUT2D eigenvalue weighted by Gasteiger charge is -2.23. The van der Waals surface area contributed by atoms with Crippen molar-refractivity contribution >= 4 is 22.9 Å². The van der Waals surface area contributed by atoms with Crippen LogP contribution in [0.1, 0.15) is 25.6 Å². The zero-order valence-corrected chi connectivity index (χ0v) is 11.9. The molecule has 102 valence electrons. The van der Waals surface area contributed by atoms with Crippen LogP contribution in [0, 0.1) is 0 Å². The number of carbonyl (C=O) groups is 1. The van der Waals surface area contributed by atoms with E-state index >= 15 is 0 Å². The van der Waals surface area contributed by atoms with Gasteiger partial charge in [0.1, 0.15) is 11.8 Å². The fraction of sp³-hybridized carbons (Fsp3) is 0.385. The highest BCUT2D eigenvalue weighted by molar-refractivity contribution is 8.13. The maximum Gasteiger partial charge on any atom is 0.338 e. The van der Waals surface area contributed by atoms with Gasteiger partial charge in [-0.15, -0.1) is 0 Å². The Kier molecular flexibility index (Phi) is 4.31. The minimum atomic E-state index is -0.447. The molecule has 1 aromatic rings. The molecule has 0 aromatic carbocycles. The minimum Gasteiger partial charge on any atom is -0.467 e. The van der Waals surface area contributed by atoms with Crippen molar-refractivity contribution in [2.24, 2.45) is 4.99 Å². The summed E-state index contributed by atoms with van der Waals surface area (Å²) in [6.45, 7) is 3.95. The zero-order chi connectivity index (χ0) is 13.8. The van der Waals surface area contributed by atoms with Gasteiger partial charge in [0.25, 0.3) is 0 Å². The van der Waals surface area contributed by atoms with E-state index in [0.717, 1.165) is 10.9 Å².